The third-order valence-corrected chi connectivity index (χ3v) is 3.89. The fraction of sp³-hybridized carbons (Fsp3) is 0.105. The predicted molar refractivity (Wildman–Crippen MR) is 106 cm³/mol. The van der Waals surface area contributed by atoms with Gasteiger partial charge in [-0.3, -0.25) is 25.8 Å². The van der Waals surface area contributed by atoms with Crippen molar-refractivity contribution in [1.82, 2.24) is 15.4 Å². The maximum absolute atomic E-state index is 12.3. The zero-order valence-corrected chi connectivity index (χ0v) is 16.0. The Labute approximate surface area is 170 Å². The number of nitro groups is 1. The summed E-state index contributed by atoms with van der Waals surface area (Å²) in [5, 5.41) is 11.6. The first-order valence-electron chi connectivity index (χ1n) is 8.54. The molecule has 0 bridgehead atoms. The summed E-state index contributed by atoms with van der Waals surface area (Å²) in [4.78, 5) is 30.9. The van der Waals surface area contributed by atoms with Gasteiger partial charge in [-0.2, -0.15) is 4.98 Å². The molecule has 3 rings (SSSR count). The highest BCUT2D eigenvalue weighted by atomic mass is 16.6. The predicted octanol–water partition coefficient (Wildman–Crippen LogP) is 2.95. The summed E-state index contributed by atoms with van der Waals surface area (Å²) in [6.45, 7) is 0. The number of benzene rings is 2. The lowest BCUT2D eigenvalue weighted by Gasteiger charge is -2.12. The molecule has 3 aromatic rings. The van der Waals surface area contributed by atoms with Crippen LogP contribution in [-0.2, 0) is 0 Å². The molecular weight excluding hydrogens is 394 g/mol. The Kier molecular flexibility index (Phi) is 6.23. The molecule has 1 amide bonds. The summed E-state index contributed by atoms with van der Waals surface area (Å²) in [5.41, 5.74) is 4.55. The van der Waals surface area contributed by atoms with Gasteiger partial charge in [-0.25, -0.2) is 4.98 Å². The molecule has 11 heteroatoms. The molecule has 0 aliphatic carbocycles. The molecule has 0 unspecified atom stereocenters. The van der Waals surface area contributed by atoms with Crippen LogP contribution in [0.5, 0.6) is 23.1 Å². The van der Waals surface area contributed by atoms with E-state index < -0.39 is 16.5 Å². The van der Waals surface area contributed by atoms with Crippen molar-refractivity contribution in [2.45, 2.75) is 0 Å². The van der Waals surface area contributed by atoms with E-state index in [0.717, 1.165) is 6.33 Å². The van der Waals surface area contributed by atoms with E-state index in [1.165, 1.54) is 14.2 Å². The second-order valence-corrected chi connectivity index (χ2v) is 5.69. The van der Waals surface area contributed by atoms with Crippen molar-refractivity contribution in [1.29, 1.82) is 0 Å². The third-order valence-electron chi connectivity index (χ3n) is 3.89. The average Bonchev–Trinajstić information content (AvgIpc) is 2.77. The molecule has 0 aliphatic heterocycles. The molecule has 2 N–H and O–H groups in total. The summed E-state index contributed by atoms with van der Waals surface area (Å²) >= 11 is 0. The Balaban J connectivity index is 1.82. The smallest absolute Gasteiger partial charge is 0.374 e. The fourth-order valence-electron chi connectivity index (χ4n) is 2.43. The first-order chi connectivity index (χ1) is 14.5. The Morgan fingerprint density at radius 3 is 2.33 bits per heavy atom. The Morgan fingerprint density at radius 2 is 1.70 bits per heavy atom. The van der Waals surface area contributed by atoms with Crippen molar-refractivity contribution >= 4 is 17.4 Å². The zero-order valence-electron chi connectivity index (χ0n) is 16.0. The van der Waals surface area contributed by atoms with E-state index >= 15 is 0 Å². The number of para-hydroxylation sites is 2. The first kappa shape index (κ1) is 20.3. The molecule has 0 saturated carbocycles. The summed E-state index contributed by atoms with van der Waals surface area (Å²) in [7, 11) is 2.95. The largest absolute Gasteiger partial charge is 0.497 e. The number of ether oxygens (including phenoxy) is 3. The second kappa shape index (κ2) is 9.19. The molecule has 0 saturated heterocycles. The van der Waals surface area contributed by atoms with Gasteiger partial charge in [-0.05, 0) is 36.4 Å². The van der Waals surface area contributed by atoms with Crippen LogP contribution in [-0.4, -0.2) is 35.0 Å². The van der Waals surface area contributed by atoms with Gasteiger partial charge in [0.05, 0.1) is 19.1 Å². The zero-order chi connectivity index (χ0) is 21.5. The third kappa shape index (κ3) is 4.52. The maximum atomic E-state index is 12.3. The van der Waals surface area contributed by atoms with E-state index in [2.05, 4.69) is 20.8 Å². The van der Waals surface area contributed by atoms with Crippen molar-refractivity contribution in [3.8, 4) is 23.1 Å². The van der Waals surface area contributed by atoms with Crippen LogP contribution in [0.3, 0.4) is 0 Å². The van der Waals surface area contributed by atoms with E-state index in [9.17, 15) is 14.9 Å². The first-order valence-corrected chi connectivity index (χ1v) is 8.54. The SMILES string of the molecule is COc1ccc(C(=O)NNc2ncnc(Oc3ccccc3OC)c2[N+](=O)[O-])cc1. The molecule has 11 nitrogen and oxygen atoms in total. The Morgan fingerprint density at radius 1 is 1.00 bits per heavy atom. The number of methoxy groups -OCH3 is 2. The number of nitrogens with one attached hydrogen (secondary N) is 2. The molecular formula is C19H17N5O6. The molecule has 0 fully saturated rings. The van der Waals surface area contributed by atoms with Crippen molar-refractivity contribution in [2.24, 2.45) is 0 Å². The van der Waals surface area contributed by atoms with Crippen LogP contribution >= 0.6 is 0 Å². The number of hydrogen-bond donors (Lipinski definition) is 2. The lowest BCUT2D eigenvalue weighted by molar-refractivity contribution is -0.385. The van der Waals surface area contributed by atoms with Gasteiger partial charge in [0.2, 0.25) is 5.82 Å². The van der Waals surface area contributed by atoms with Gasteiger partial charge >= 0.3 is 11.6 Å². The number of hydrazine groups is 1. The van der Waals surface area contributed by atoms with E-state index in [1.807, 2.05) is 0 Å². The molecule has 0 radical (unpaired) electrons. The topological polar surface area (TPSA) is 138 Å². The van der Waals surface area contributed by atoms with Gasteiger partial charge in [0, 0.05) is 5.56 Å². The summed E-state index contributed by atoms with van der Waals surface area (Å²) in [5.74, 6) is 0.0899. The lowest BCUT2D eigenvalue weighted by atomic mass is 10.2. The van der Waals surface area contributed by atoms with Crippen LogP contribution in [0.25, 0.3) is 0 Å². The number of rotatable bonds is 8. The van der Waals surface area contributed by atoms with Gasteiger partial charge in [0.25, 0.3) is 5.91 Å². The molecule has 1 aromatic heterocycles. The monoisotopic (exact) mass is 411 g/mol. The van der Waals surface area contributed by atoms with E-state index in [4.69, 9.17) is 14.2 Å². The van der Waals surface area contributed by atoms with Crippen molar-refractivity contribution in [3.63, 3.8) is 0 Å². The van der Waals surface area contributed by atoms with E-state index in [1.54, 1.807) is 48.5 Å². The standard InChI is InChI=1S/C19H17N5O6/c1-28-13-9-7-12(8-10-13)18(25)23-22-17-16(24(26)27)19(21-11-20-17)30-15-6-4-3-5-14(15)29-2/h3-11H,1-2H3,(H,23,25)(H,20,21,22). The number of carbonyl (C=O) groups excluding carboxylic acids is 1. The van der Waals surface area contributed by atoms with Crippen LogP contribution in [0.1, 0.15) is 10.4 Å². The lowest BCUT2D eigenvalue weighted by Crippen LogP contribution is -2.30. The normalized spacial score (nSPS) is 10.1. The minimum absolute atomic E-state index is 0.231. The van der Waals surface area contributed by atoms with Gasteiger partial charge in [-0.15, -0.1) is 0 Å². The molecule has 2 aromatic carbocycles. The highest BCUT2D eigenvalue weighted by molar-refractivity contribution is 5.95. The van der Waals surface area contributed by atoms with Gasteiger partial charge in [-0.1, -0.05) is 12.1 Å². The average molecular weight is 411 g/mol. The molecule has 1 heterocycles. The van der Waals surface area contributed by atoms with Crippen LogP contribution in [0.2, 0.25) is 0 Å². The minimum Gasteiger partial charge on any atom is -0.497 e. The number of anilines is 1. The number of aromatic nitrogens is 2. The fourth-order valence-corrected chi connectivity index (χ4v) is 2.43. The highest BCUT2D eigenvalue weighted by Gasteiger charge is 2.26. The van der Waals surface area contributed by atoms with E-state index in [-0.39, 0.29) is 17.4 Å². The van der Waals surface area contributed by atoms with Crippen LogP contribution in [0, 0.1) is 10.1 Å². The quantitative estimate of drug-likeness (QED) is 0.423. The van der Waals surface area contributed by atoms with Crippen molar-refractivity contribution < 1.29 is 23.9 Å². The van der Waals surface area contributed by atoms with Crippen LogP contribution in [0.15, 0.2) is 54.9 Å². The summed E-state index contributed by atoms with van der Waals surface area (Å²) in [6.07, 6.45) is 1.07. The van der Waals surface area contributed by atoms with Gasteiger partial charge < -0.3 is 14.2 Å². The van der Waals surface area contributed by atoms with Gasteiger partial charge in [0.15, 0.2) is 11.5 Å². The Bertz CT molecular complexity index is 1060. The number of carbonyl (C=O) groups is 1. The van der Waals surface area contributed by atoms with Gasteiger partial charge in [0.1, 0.15) is 12.1 Å². The van der Waals surface area contributed by atoms with Crippen molar-refractivity contribution in [2.75, 3.05) is 19.6 Å². The molecule has 0 aliphatic rings. The number of nitrogens with zero attached hydrogens (tertiary/aromatic N) is 3. The highest BCUT2D eigenvalue weighted by Crippen LogP contribution is 2.37. The van der Waals surface area contributed by atoms with Crippen molar-refractivity contribution in [3.05, 3.63) is 70.5 Å². The maximum Gasteiger partial charge on any atom is 0.374 e. The Hall–Kier alpha value is -4.41. The number of amides is 1. The molecule has 0 spiro atoms. The molecule has 30 heavy (non-hydrogen) atoms. The molecule has 154 valence electrons. The van der Waals surface area contributed by atoms with Crippen LogP contribution in [0.4, 0.5) is 11.5 Å². The minimum atomic E-state index is -0.716. The summed E-state index contributed by atoms with van der Waals surface area (Å²) < 4.78 is 15.8. The number of hydrogen-bond acceptors (Lipinski definition) is 9. The molecule has 0 atom stereocenters. The van der Waals surface area contributed by atoms with E-state index in [0.29, 0.717) is 17.1 Å². The summed E-state index contributed by atoms with van der Waals surface area (Å²) in [6, 6.07) is 12.9. The van der Waals surface area contributed by atoms with Crippen LogP contribution < -0.4 is 25.1 Å². The second-order valence-electron chi connectivity index (χ2n) is 5.69.